The molecule has 0 unspecified atom stereocenters. The maximum Gasteiger partial charge on any atom is 0.150 e. The van der Waals surface area contributed by atoms with Gasteiger partial charge in [0.25, 0.3) is 0 Å². The first-order valence-electron chi connectivity index (χ1n) is 8.05. The van der Waals surface area contributed by atoms with Gasteiger partial charge in [0.15, 0.2) is 5.82 Å². The van der Waals surface area contributed by atoms with Gasteiger partial charge in [-0.15, -0.1) is 0 Å². The average Bonchev–Trinajstić information content (AvgIpc) is 2.84. The molecule has 0 atom stereocenters. The van der Waals surface area contributed by atoms with E-state index in [1.807, 2.05) is 30.5 Å². The van der Waals surface area contributed by atoms with Crippen LogP contribution >= 0.6 is 11.6 Å². The Morgan fingerprint density at radius 2 is 1.91 bits per heavy atom. The lowest BCUT2D eigenvalue weighted by atomic mass is 10.0. The van der Waals surface area contributed by atoms with Gasteiger partial charge in [-0.3, -0.25) is 0 Å². The third kappa shape index (κ3) is 3.20. The summed E-state index contributed by atoms with van der Waals surface area (Å²) in [5, 5.41) is 5.52. The molecular formula is C19H22ClN3. The van der Waals surface area contributed by atoms with E-state index in [2.05, 4.69) is 36.1 Å². The number of pyridine rings is 1. The van der Waals surface area contributed by atoms with E-state index in [4.69, 9.17) is 11.6 Å². The molecule has 0 aliphatic rings. The molecule has 0 aliphatic carbocycles. The van der Waals surface area contributed by atoms with Gasteiger partial charge in [-0.2, -0.15) is 0 Å². The minimum absolute atomic E-state index is 0.726. The molecular weight excluding hydrogens is 306 g/mol. The molecule has 0 aliphatic heterocycles. The molecule has 4 heteroatoms. The third-order valence-electron chi connectivity index (χ3n) is 4.30. The second kappa shape index (κ2) is 6.63. The molecule has 0 spiro atoms. The van der Waals surface area contributed by atoms with Crippen LogP contribution in [0, 0.1) is 13.8 Å². The van der Waals surface area contributed by atoms with Crippen molar-refractivity contribution in [2.75, 3.05) is 5.32 Å². The van der Waals surface area contributed by atoms with Crippen LogP contribution in [0.5, 0.6) is 0 Å². The van der Waals surface area contributed by atoms with Gasteiger partial charge in [0.1, 0.15) is 0 Å². The molecule has 3 nitrogen and oxygen atoms in total. The first-order chi connectivity index (χ1) is 11.1. The number of halogens is 1. The fourth-order valence-electron chi connectivity index (χ4n) is 2.95. The zero-order valence-electron chi connectivity index (χ0n) is 13.8. The number of nitrogens with zero attached hydrogens (tertiary/aromatic N) is 1. The molecule has 0 saturated heterocycles. The molecule has 1 aromatic carbocycles. The molecule has 2 aromatic heterocycles. The van der Waals surface area contributed by atoms with Crippen molar-refractivity contribution in [1.82, 2.24) is 9.97 Å². The van der Waals surface area contributed by atoms with Crippen molar-refractivity contribution in [2.24, 2.45) is 0 Å². The number of fused-ring (bicyclic) bond motifs is 1. The molecule has 23 heavy (non-hydrogen) atoms. The Morgan fingerprint density at radius 3 is 2.61 bits per heavy atom. The van der Waals surface area contributed by atoms with E-state index in [1.165, 1.54) is 27.8 Å². The van der Waals surface area contributed by atoms with Crippen molar-refractivity contribution in [3.8, 4) is 0 Å². The average molecular weight is 328 g/mol. The van der Waals surface area contributed by atoms with Crippen molar-refractivity contribution in [1.29, 1.82) is 0 Å². The van der Waals surface area contributed by atoms with Crippen LogP contribution < -0.4 is 5.32 Å². The van der Waals surface area contributed by atoms with Crippen LogP contribution in [0.1, 0.15) is 35.7 Å². The van der Waals surface area contributed by atoms with Gasteiger partial charge in [0.2, 0.25) is 0 Å². The first-order valence-corrected chi connectivity index (χ1v) is 8.43. The highest BCUT2D eigenvalue weighted by Gasteiger charge is 2.13. The monoisotopic (exact) mass is 327 g/mol. The Hall–Kier alpha value is -2.00. The van der Waals surface area contributed by atoms with Crippen molar-refractivity contribution >= 4 is 28.3 Å². The minimum Gasteiger partial charge on any atom is -0.364 e. The maximum atomic E-state index is 5.94. The number of nitrogens with one attached hydrogen (secondary N) is 2. The highest BCUT2D eigenvalue weighted by molar-refractivity contribution is 6.30. The third-order valence-corrected chi connectivity index (χ3v) is 4.55. The fraction of sp³-hybridized carbons (Fsp3) is 0.316. The summed E-state index contributed by atoms with van der Waals surface area (Å²) in [6, 6.07) is 7.89. The summed E-state index contributed by atoms with van der Waals surface area (Å²) < 4.78 is 0. The molecule has 0 amide bonds. The minimum atomic E-state index is 0.726. The van der Waals surface area contributed by atoms with Gasteiger partial charge < -0.3 is 10.3 Å². The molecule has 3 aromatic rings. The van der Waals surface area contributed by atoms with Crippen molar-refractivity contribution in [3.63, 3.8) is 0 Å². The Bertz CT molecular complexity index is 819. The topological polar surface area (TPSA) is 40.7 Å². The summed E-state index contributed by atoms with van der Waals surface area (Å²) in [5.41, 5.74) is 6.14. The molecule has 0 fully saturated rings. The van der Waals surface area contributed by atoms with Crippen LogP contribution in [0.4, 0.5) is 5.82 Å². The summed E-state index contributed by atoms with van der Waals surface area (Å²) in [5.74, 6) is 0.908. The fourth-order valence-corrected chi connectivity index (χ4v) is 3.08. The number of aromatic amines is 1. The standard InChI is InChI=1S/C19H22ClN3/c1-4-5-15-11-22-19(18-17(15)12(2)13(3)23-18)21-10-14-6-8-16(20)9-7-14/h6-9,11,23H,4-5,10H2,1-3H3,(H,21,22). The quantitative estimate of drug-likeness (QED) is 0.659. The molecule has 0 bridgehead atoms. The second-order valence-electron chi connectivity index (χ2n) is 5.99. The van der Waals surface area contributed by atoms with E-state index >= 15 is 0 Å². The van der Waals surface area contributed by atoms with Gasteiger partial charge in [-0.05, 0) is 49.1 Å². The Morgan fingerprint density at radius 1 is 1.17 bits per heavy atom. The van der Waals surface area contributed by atoms with Crippen molar-refractivity contribution in [3.05, 3.63) is 57.9 Å². The number of hydrogen-bond donors (Lipinski definition) is 2. The van der Waals surface area contributed by atoms with Crippen LogP contribution in [0.25, 0.3) is 10.9 Å². The van der Waals surface area contributed by atoms with Crippen LogP contribution in [0.2, 0.25) is 5.02 Å². The number of benzene rings is 1. The zero-order valence-corrected chi connectivity index (χ0v) is 14.6. The van der Waals surface area contributed by atoms with Crippen molar-refractivity contribution < 1.29 is 0 Å². The summed E-state index contributed by atoms with van der Waals surface area (Å²) in [6.07, 6.45) is 4.19. The van der Waals surface area contributed by atoms with E-state index < -0.39 is 0 Å². The number of hydrogen-bond acceptors (Lipinski definition) is 2. The normalized spacial score (nSPS) is 11.1. The SMILES string of the molecule is CCCc1cnc(NCc2ccc(Cl)cc2)c2[nH]c(C)c(C)c12. The summed E-state index contributed by atoms with van der Waals surface area (Å²) >= 11 is 5.94. The summed E-state index contributed by atoms with van der Waals surface area (Å²) in [7, 11) is 0. The molecule has 2 N–H and O–H groups in total. The van der Waals surface area contributed by atoms with E-state index in [1.54, 1.807) is 0 Å². The lowest BCUT2D eigenvalue weighted by Gasteiger charge is -2.10. The van der Waals surface area contributed by atoms with E-state index in [9.17, 15) is 0 Å². The molecule has 2 heterocycles. The van der Waals surface area contributed by atoms with Gasteiger partial charge in [-0.25, -0.2) is 4.98 Å². The number of aryl methyl sites for hydroxylation is 3. The zero-order chi connectivity index (χ0) is 16.4. The Labute approximate surface area is 142 Å². The van der Waals surface area contributed by atoms with E-state index in [-0.39, 0.29) is 0 Å². The van der Waals surface area contributed by atoms with Gasteiger partial charge >= 0.3 is 0 Å². The molecule has 0 saturated carbocycles. The van der Waals surface area contributed by atoms with Crippen LogP contribution in [0.15, 0.2) is 30.5 Å². The predicted molar refractivity (Wildman–Crippen MR) is 98.3 cm³/mol. The number of H-pyrrole nitrogens is 1. The lowest BCUT2D eigenvalue weighted by molar-refractivity contribution is 0.922. The van der Waals surface area contributed by atoms with E-state index in [0.29, 0.717) is 0 Å². The molecule has 3 rings (SSSR count). The summed E-state index contributed by atoms with van der Waals surface area (Å²) in [4.78, 5) is 8.14. The number of aromatic nitrogens is 2. The van der Waals surface area contributed by atoms with Gasteiger partial charge in [0, 0.05) is 28.8 Å². The Kier molecular flexibility index (Phi) is 4.58. The van der Waals surface area contributed by atoms with E-state index in [0.717, 1.165) is 35.7 Å². The summed E-state index contributed by atoms with van der Waals surface area (Å²) in [6.45, 7) is 7.22. The highest BCUT2D eigenvalue weighted by Crippen LogP contribution is 2.30. The van der Waals surface area contributed by atoms with Gasteiger partial charge in [-0.1, -0.05) is 37.1 Å². The first kappa shape index (κ1) is 15.9. The van der Waals surface area contributed by atoms with Crippen LogP contribution in [-0.4, -0.2) is 9.97 Å². The lowest BCUT2D eigenvalue weighted by Crippen LogP contribution is -2.03. The number of rotatable bonds is 5. The Balaban J connectivity index is 1.93. The molecule has 0 radical (unpaired) electrons. The second-order valence-corrected chi connectivity index (χ2v) is 6.42. The van der Waals surface area contributed by atoms with Gasteiger partial charge in [0.05, 0.1) is 5.52 Å². The van der Waals surface area contributed by atoms with Crippen LogP contribution in [-0.2, 0) is 13.0 Å². The highest BCUT2D eigenvalue weighted by atomic mass is 35.5. The maximum absolute atomic E-state index is 5.94. The predicted octanol–water partition coefficient (Wildman–Crippen LogP) is 5.40. The smallest absolute Gasteiger partial charge is 0.150 e. The van der Waals surface area contributed by atoms with Crippen molar-refractivity contribution in [2.45, 2.75) is 40.2 Å². The number of anilines is 1. The largest absolute Gasteiger partial charge is 0.364 e. The van der Waals surface area contributed by atoms with Crippen LogP contribution in [0.3, 0.4) is 0 Å². The molecule has 120 valence electrons.